The highest BCUT2D eigenvalue weighted by Crippen LogP contribution is 2.30. The van der Waals surface area contributed by atoms with Gasteiger partial charge in [0.05, 0.1) is 13.7 Å². The molecule has 28 heavy (non-hydrogen) atoms. The highest BCUT2D eigenvalue weighted by molar-refractivity contribution is 6.09. The predicted molar refractivity (Wildman–Crippen MR) is 99.5 cm³/mol. The number of ether oxygens (including phenoxy) is 3. The normalized spacial score (nSPS) is 10.9. The molecule has 0 spiro atoms. The maximum Gasteiger partial charge on any atom is 0.387 e. The van der Waals surface area contributed by atoms with E-state index in [1.165, 1.54) is 31.4 Å². The summed E-state index contributed by atoms with van der Waals surface area (Å²) in [5.41, 5.74) is 0.739. The number of hydrogen-bond donors (Lipinski definition) is 1. The van der Waals surface area contributed by atoms with Crippen molar-refractivity contribution < 1.29 is 27.8 Å². The third-order valence-corrected chi connectivity index (χ3v) is 3.50. The molecule has 0 aromatic heterocycles. The van der Waals surface area contributed by atoms with Crippen molar-refractivity contribution in [3.05, 3.63) is 53.6 Å². The number of hydrogen-bond acceptors (Lipinski definition) is 5. The number of benzene rings is 2. The number of carbonyl (C=O) groups is 1. The lowest BCUT2D eigenvalue weighted by molar-refractivity contribution is -0.112. The molecule has 1 amide bonds. The highest BCUT2D eigenvalue weighted by Gasteiger charge is 2.13. The standard InChI is InChI=1S/C20H18F2N2O4/c1-3-27-16-7-5-15(6-8-16)24-19(25)14(12-23)10-13-4-9-17(28-20(21)22)18(11-13)26-2/h4-11,20H,3H2,1-2H3,(H,24,25)/b14-10-. The van der Waals surface area contributed by atoms with E-state index in [9.17, 15) is 18.8 Å². The van der Waals surface area contributed by atoms with Gasteiger partial charge in [0, 0.05) is 5.69 Å². The summed E-state index contributed by atoms with van der Waals surface area (Å²) in [7, 11) is 1.30. The summed E-state index contributed by atoms with van der Waals surface area (Å²) in [6.45, 7) is -0.608. The smallest absolute Gasteiger partial charge is 0.387 e. The van der Waals surface area contributed by atoms with Crippen molar-refractivity contribution in [2.75, 3.05) is 19.0 Å². The summed E-state index contributed by atoms with van der Waals surface area (Å²) in [6, 6.07) is 12.6. The SMILES string of the molecule is CCOc1ccc(NC(=O)/C(C#N)=C\c2ccc(OC(F)F)c(OC)c2)cc1. The number of methoxy groups -OCH3 is 1. The van der Waals surface area contributed by atoms with Crippen LogP contribution in [0.5, 0.6) is 17.2 Å². The minimum atomic E-state index is -3.00. The molecule has 146 valence electrons. The lowest BCUT2D eigenvalue weighted by Gasteiger charge is -2.10. The summed E-state index contributed by atoms with van der Waals surface area (Å²) < 4.78 is 39.5. The topological polar surface area (TPSA) is 80.6 Å². The average molecular weight is 388 g/mol. The van der Waals surface area contributed by atoms with Crippen LogP contribution in [-0.4, -0.2) is 26.2 Å². The zero-order chi connectivity index (χ0) is 20.5. The van der Waals surface area contributed by atoms with E-state index < -0.39 is 12.5 Å². The quantitative estimate of drug-likeness (QED) is 0.540. The van der Waals surface area contributed by atoms with Gasteiger partial charge < -0.3 is 19.5 Å². The van der Waals surface area contributed by atoms with Crippen LogP contribution in [0.2, 0.25) is 0 Å². The number of amides is 1. The van der Waals surface area contributed by atoms with Gasteiger partial charge in [-0.05, 0) is 55.0 Å². The monoisotopic (exact) mass is 388 g/mol. The number of nitrogens with one attached hydrogen (secondary N) is 1. The number of nitrogens with zero attached hydrogens (tertiary/aromatic N) is 1. The Bertz CT molecular complexity index is 890. The third-order valence-electron chi connectivity index (χ3n) is 3.50. The number of nitriles is 1. The molecule has 0 saturated heterocycles. The molecule has 1 N–H and O–H groups in total. The molecule has 8 heteroatoms. The molecular formula is C20H18F2N2O4. The third kappa shape index (κ3) is 5.71. The van der Waals surface area contributed by atoms with Crippen molar-refractivity contribution >= 4 is 17.7 Å². The summed E-state index contributed by atoms with van der Waals surface area (Å²) in [6.07, 6.45) is 1.32. The number of alkyl halides is 2. The molecule has 0 heterocycles. The first kappa shape index (κ1) is 20.7. The summed E-state index contributed by atoms with van der Waals surface area (Å²) >= 11 is 0. The Hall–Kier alpha value is -3.60. The van der Waals surface area contributed by atoms with E-state index in [0.29, 0.717) is 23.6 Å². The summed E-state index contributed by atoms with van der Waals surface area (Å²) in [5, 5.41) is 11.9. The molecule has 2 rings (SSSR count). The molecule has 0 aliphatic rings. The second kappa shape index (κ2) is 9.92. The maximum absolute atomic E-state index is 12.4. The predicted octanol–water partition coefficient (Wildman–Crippen LogP) is 4.24. The van der Waals surface area contributed by atoms with Crippen LogP contribution in [0.3, 0.4) is 0 Å². The largest absolute Gasteiger partial charge is 0.494 e. The molecule has 0 aliphatic carbocycles. The fourth-order valence-electron chi connectivity index (χ4n) is 2.28. The minimum Gasteiger partial charge on any atom is -0.494 e. The second-order valence-electron chi connectivity index (χ2n) is 5.37. The lowest BCUT2D eigenvalue weighted by atomic mass is 10.1. The molecule has 2 aromatic carbocycles. The second-order valence-corrected chi connectivity index (χ2v) is 5.37. The van der Waals surface area contributed by atoms with Crippen LogP contribution in [-0.2, 0) is 4.79 Å². The first-order valence-corrected chi connectivity index (χ1v) is 8.25. The fourth-order valence-corrected chi connectivity index (χ4v) is 2.28. The molecule has 6 nitrogen and oxygen atoms in total. The van der Waals surface area contributed by atoms with Gasteiger partial charge in [-0.2, -0.15) is 14.0 Å². The Balaban J connectivity index is 2.18. The number of halogens is 2. The minimum absolute atomic E-state index is 0.0539. The maximum atomic E-state index is 12.4. The van der Waals surface area contributed by atoms with E-state index in [4.69, 9.17) is 9.47 Å². The van der Waals surface area contributed by atoms with E-state index >= 15 is 0 Å². The van der Waals surface area contributed by atoms with Gasteiger partial charge >= 0.3 is 6.61 Å². The van der Waals surface area contributed by atoms with Gasteiger partial charge in [-0.1, -0.05) is 6.07 Å². The van der Waals surface area contributed by atoms with Crippen molar-refractivity contribution in [3.8, 4) is 23.3 Å². The van der Waals surface area contributed by atoms with E-state index in [0.717, 1.165) is 0 Å². The average Bonchev–Trinajstić information content (AvgIpc) is 2.68. The van der Waals surface area contributed by atoms with E-state index in [1.807, 2.05) is 13.0 Å². The highest BCUT2D eigenvalue weighted by atomic mass is 19.3. The molecule has 0 aliphatic heterocycles. The Morgan fingerprint density at radius 3 is 2.50 bits per heavy atom. The number of rotatable bonds is 8. The molecule has 0 fully saturated rings. The lowest BCUT2D eigenvalue weighted by Crippen LogP contribution is -2.13. The molecule has 0 radical (unpaired) electrons. The molecule has 0 unspecified atom stereocenters. The van der Waals surface area contributed by atoms with E-state index in [1.54, 1.807) is 24.3 Å². The van der Waals surface area contributed by atoms with Crippen molar-refractivity contribution in [3.63, 3.8) is 0 Å². The van der Waals surface area contributed by atoms with Crippen LogP contribution in [0.4, 0.5) is 14.5 Å². The van der Waals surface area contributed by atoms with Gasteiger partial charge in [0.25, 0.3) is 5.91 Å². The van der Waals surface area contributed by atoms with Crippen molar-refractivity contribution in [1.29, 1.82) is 5.26 Å². The summed E-state index contributed by atoms with van der Waals surface area (Å²) in [4.78, 5) is 12.3. The van der Waals surface area contributed by atoms with Gasteiger partial charge in [0.1, 0.15) is 17.4 Å². The Morgan fingerprint density at radius 2 is 1.93 bits per heavy atom. The number of anilines is 1. The van der Waals surface area contributed by atoms with E-state index in [-0.39, 0.29) is 17.1 Å². The van der Waals surface area contributed by atoms with Crippen LogP contribution in [0.1, 0.15) is 12.5 Å². The Kier molecular flexibility index (Phi) is 7.34. The van der Waals surface area contributed by atoms with Gasteiger partial charge in [-0.25, -0.2) is 0 Å². The van der Waals surface area contributed by atoms with Gasteiger partial charge in [0.15, 0.2) is 11.5 Å². The fraction of sp³-hybridized carbons (Fsp3) is 0.200. The van der Waals surface area contributed by atoms with Gasteiger partial charge in [0.2, 0.25) is 0 Å². The van der Waals surface area contributed by atoms with Crippen LogP contribution >= 0.6 is 0 Å². The number of carbonyl (C=O) groups excluding carboxylic acids is 1. The van der Waals surface area contributed by atoms with Crippen LogP contribution in [0.15, 0.2) is 48.0 Å². The summed E-state index contributed by atoms with van der Waals surface area (Å²) in [5.74, 6) is -0.0430. The van der Waals surface area contributed by atoms with Gasteiger partial charge in [-0.3, -0.25) is 4.79 Å². The zero-order valence-electron chi connectivity index (χ0n) is 15.2. The molecule has 0 bridgehead atoms. The molecule has 0 saturated carbocycles. The van der Waals surface area contributed by atoms with Crippen molar-refractivity contribution in [1.82, 2.24) is 0 Å². The molecular weight excluding hydrogens is 370 g/mol. The van der Waals surface area contributed by atoms with Crippen molar-refractivity contribution in [2.24, 2.45) is 0 Å². The molecule has 0 atom stereocenters. The van der Waals surface area contributed by atoms with Crippen LogP contribution in [0.25, 0.3) is 6.08 Å². The molecule has 2 aromatic rings. The Morgan fingerprint density at radius 1 is 1.21 bits per heavy atom. The first-order valence-electron chi connectivity index (χ1n) is 8.25. The van der Waals surface area contributed by atoms with Gasteiger partial charge in [-0.15, -0.1) is 0 Å². The van der Waals surface area contributed by atoms with Crippen molar-refractivity contribution in [2.45, 2.75) is 13.5 Å². The van der Waals surface area contributed by atoms with Crippen LogP contribution < -0.4 is 19.5 Å². The first-order chi connectivity index (χ1) is 13.5. The zero-order valence-corrected chi connectivity index (χ0v) is 15.2. The van der Waals surface area contributed by atoms with Crippen LogP contribution in [0, 0.1) is 11.3 Å². The Labute approximate surface area is 160 Å². The van der Waals surface area contributed by atoms with E-state index in [2.05, 4.69) is 10.1 Å².